The van der Waals surface area contributed by atoms with Crippen molar-refractivity contribution in [1.29, 1.82) is 5.41 Å². The number of ether oxygens (including phenoxy) is 1. The molecular weight excluding hydrogens is 827 g/mol. The molecule has 4 aliphatic heterocycles. The number of amides is 5. The third-order valence-corrected chi connectivity index (χ3v) is 12.1. The highest BCUT2D eigenvalue weighted by molar-refractivity contribution is 6.23. The summed E-state index contributed by atoms with van der Waals surface area (Å²) in [7, 11) is 0. The lowest BCUT2D eigenvalue weighted by Gasteiger charge is -2.31. The molecule has 0 saturated carbocycles. The number of morpholine rings is 1. The van der Waals surface area contributed by atoms with Gasteiger partial charge in [-0.15, -0.1) is 0 Å². The number of hydrogen-bond acceptors (Lipinski definition) is 13. The van der Waals surface area contributed by atoms with Crippen molar-refractivity contribution in [2.75, 3.05) is 64.3 Å². The fourth-order valence-electron chi connectivity index (χ4n) is 8.50. The molecule has 334 valence electrons. The van der Waals surface area contributed by atoms with E-state index in [1.807, 2.05) is 4.90 Å². The van der Waals surface area contributed by atoms with Crippen LogP contribution in [0, 0.1) is 17.0 Å². The highest BCUT2D eigenvalue weighted by atomic mass is 19.1. The Bertz CT molecular complexity index is 2480. The van der Waals surface area contributed by atoms with Crippen LogP contribution in [0.15, 0.2) is 60.9 Å². The van der Waals surface area contributed by atoms with Gasteiger partial charge in [-0.1, -0.05) is 12.1 Å². The number of halogens is 2. The normalized spacial score (nSPS) is 18.9. The van der Waals surface area contributed by atoms with Crippen molar-refractivity contribution >= 4 is 58.0 Å². The van der Waals surface area contributed by atoms with Gasteiger partial charge in [-0.2, -0.15) is 0 Å². The first-order chi connectivity index (χ1) is 31.1. The van der Waals surface area contributed by atoms with E-state index in [0.717, 1.165) is 30.6 Å². The minimum Gasteiger partial charge on any atom is -0.387 e. The summed E-state index contributed by atoms with van der Waals surface area (Å²) in [5.41, 5.74) is 3.94. The minimum absolute atomic E-state index is 0.0190. The molecule has 1 aromatic heterocycles. The van der Waals surface area contributed by atoms with Crippen LogP contribution < -0.4 is 21.3 Å². The maximum Gasteiger partial charge on any atom is 0.262 e. The fraction of sp³-hybridized carbons (Fsp3) is 0.391. The number of para-hydroxylation sites is 1. The number of anilines is 1. The molecule has 0 spiro atoms. The second kappa shape index (κ2) is 19.9. The summed E-state index contributed by atoms with van der Waals surface area (Å²) in [6.45, 7) is 5.22. The minimum atomic E-state index is -1.01. The van der Waals surface area contributed by atoms with E-state index in [-0.39, 0.29) is 54.6 Å². The van der Waals surface area contributed by atoms with Crippen molar-refractivity contribution in [3.63, 3.8) is 0 Å². The van der Waals surface area contributed by atoms with Crippen molar-refractivity contribution in [2.24, 2.45) is 0 Å². The zero-order valence-corrected chi connectivity index (χ0v) is 35.3. The quantitative estimate of drug-likeness (QED) is 0.0620. The molecule has 16 nitrogen and oxygen atoms in total. The topological polar surface area (TPSA) is 202 Å². The summed E-state index contributed by atoms with van der Waals surface area (Å²) < 4.78 is 36.1. The molecule has 64 heavy (non-hydrogen) atoms. The largest absolute Gasteiger partial charge is 0.387 e. The Hall–Kier alpha value is -6.50. The van der Waals surface area contributed by atoms with Gasteiger partial charge < -0.3 is 26.1 Å². The molecule has 1 atom stereocenters. The van der Waals surface area contributed by atoms with Gasteiger partial charge in [0.15, 0.2) is 0 Å². The average Bonchev–Trinajstić information content (AvgIpc) is 3.54. The van der Waals surface area contributed by atoms with Gasteiger partial charge in [0.2, 0.25) is 17.7 Å². The van der Waals surface area contributed by atoms with Crippen molar-refractivity contribution in [3.05, 3.63) is 94.9 Å². The van der Waals surface area contributed by atoms with Gasteiger partial charge in [-0.25, -0.2) is 13.8 Å². The molecule has 5 N–H and O–H groups in total. The Morgan fingerprint density at radius 2 is 1.64 bits per heavy atom. The molecule has 4 aliphatic rings. The van der Waals surface area contributed by atoms with Crippen LogP contribution in [-0.2, 0) is 25.7 Å². The van der Waals surface area contributed by atoms with E-state index >= 15 is 8.78 Å². The summed E-state index contributed by atoms with van der Waals surface area (Å²) in [5.74, 6) is -3.49. The molecule has 3 aromatic carbocycles. The SMILES string of the molecule is N=C/C(=C\NC1CCN(CC(=O)NCCCCNc2ccc3c(c2)C(=O)N(C2CCC(=O)NC2=O)C3=O)CC1)c1cnc2cccc(-c3cc(F)c(CN4CCOCC4)c(F)c3)c2n1. The lowest BCUT2D eigenvalue weighted by atomic mass is 10.0. The van der Waals surface area contributed by atoms with Gasteiger partial charge in [-0.3, -0.25) is 49.0 Å². The number of nitrogens with one attached hydrogen (secondary N) is 5. The average molecular weight is 877 g/mol. The van der Waals surface area contributed by atoms with Gasteiger partial charge in [0.1, 0.15) is 17.7 Å². The van der Waals surface area contributed by atoms with Crippen LogP contribution in [0.3, 0.4) is 0 Å². The first-order valence-corrected chi connectivity index (χ1v) is 21.7. The van der Waals surface area contributed by atoms with E-state index in [4.69, 9.17) is 15.1 Å². The molecule has 8 rings (SSSR count). The Morgan fingerprint density at radius 3 is 2.39 bits per heavy atom. The van der Waals surface area contributed by atoms with Crippen molar-refractivity contribution in [3.8, 4) is 11.1 Å². The zero-order valence-electron chi connectivity index (χ0n) is 35.3. The highest BCUT2D eigenvalue weighted by Crippen LogP contribution is 2.32. The number of allylic oxidation sites excluding steroid dienone is 1. The number of unbranched alkanes of at least 4 members (excludes halogenated alkanes) is 1. The Kier molecular flexibility index (Phi) is 13.7. The van der Waals surface area contributed by atoms with E-state index in [9.17, 15) is 24.0 Å². The monoisotopic (exact) mass is 876 g/mol. The highest BCUT2D eigenvalue weighted by Gasteiger charge is 2.44. The Morgan fingerprint density at radius 1 is 0.891 bits per heavy atom. The predicted molar refractivity (Wildman–Crippen MR) is 234 cm³/mol. The Labute approximate surface area is 368 Å². The molecule has 0 bridgehead atoms. The number of likely N-dealkylation sites (tertiary alicyclic amines) is 1. The van der Waals surface area contributed by atoms with Gasteiger partial charge in [0, 0.05) is 93.1 Å². The number of imide groups is 2. The molecule has 3 fully saturated rings. The van der Waals surface area contributed by atoms with Crippen LogP contribution in [0.2, 0.25) is 0 Å². The van der Waals surface area contributed by atoms with Crippen LogP contribution in [0.1, 0.15) is 70.5 Å². The molecule has 0 radical (unpaired) electrons. The van der Waals surface area contributed by atoms with E-state index in [0.29, 0.717) is 91.6 Å². The predicted octanol–water partition coefficient (Wildman–Crippen LogP) is 3.86. The summed E-state index contributed by atoms with van der Waals surface area (Å²) in [5, 5.41) is 20.0. The third kappa shape index (κ3) is 9.98. The smallest absolute Gasteiger partial charge is 0.262 e. The maximum atomic E-state index is 15.4. The number of hydrogen-bond donors (Lipinski definition) is 5. The van der Waals surface area contributed by atoms with Crippen LogP contribution in [0.25, 0.3) is 27.7 Å². The molecule has 4 aromatic rings. The van der Waals surface area contributed by atoms with Crippen LogP contribution >= 0.6 is 0 Å². The zero-order chi connectivity index (χ0) is 44.7. The van der Waals surface area contributed by atoms with Crippen LogP contribution in [-0.4, -0.2) is 132 Å². The maximum absolute atomic E-state index is 15.4. The molecule has 18 heteroatoms. The molecular formula is C46H50F2N10O6. The fourth-order valence-corrected chi connectivity index (χ4v) is 8.50. The number of carbonyl (C=O) groups excluding carboxylic acids is 5. The van der Waals surface area contributed by atoms with Gasteiger partial charge in [0.25, 0.3) is 11.8 Å². The Balaban J connectivity index is 0.766. The first-order valence-electron chi connectivity index (χ1n) is 21.7. The lowest BCUT2D eigenvalue weighted by molar-refractivity contribution is -0.136. The number of rotatable bonds is 16. The third-order valence-electron chi connectivity index (χ3n) is 12.1. The number of carbonyl (C=O) groups is 5. The summed E-state index contributed by atoms with van der Waals surface area (Å²) in [6.07, 6.45) is 7.70. The second-order valence-corrected chi connectivity index (χ2v) is 16.4. The number of fused-ring (bicyclic) bond motifs is 2. The number of nitrogens with zero attached hydrogens (tertiary/aromatic N) is 5. The van der Waals surface area contributed by atoms with Crippen molar-refractivity contribution in [2.45, 2.75) is 57.2 Å². The second-order valence-electron chi connectivity index (χ2n) is 16.4. The van der Waals surface area contributed by atoms with E-state index in [1.165, 1.54) is 18.3 Å². The van der Waals surface area contributed by atoms with Crippen LogP contribution in [0.4, 0.5) is 14.5 Å². The van der Waals surface area contributed by atoms with Gasteiger partial charge in [-0.05, 0) is 74.1 Å². The summed E-state index contributed by atoms with van der Waals surface area (Å²) in [4.78, 5) is 77.1. The van der Waals surface area contributed by atoms with E-state index in [1.54, 1.807) is 48.8 Å². The summed E-state index contributed by atoms with van der Waals surface area (Å²) in [6, 6.07) is 12.0. The van der Waals surface area contributed by atoms with Crippen LogP contribution in [0.5, 0.6) is 0 Å². The van der Waals surface area contributed by atoms with Crippen molar-refractivity contribution in [1.82, 2.24) is 40.6 Å². The number of aromatic nitrogens is 2. The van der Waals surface area contributed by atoms with Gasteiger partial charge >= 0.3 is 0 Å². The first kappa shape index (κ1) is 44.1. The molecule has 0 aliphatic carbocycles. The molecule has 3 saturated heterocycles. The van der Waals surface area contributed by atoms with E-state index in [2.05, 4.69) is 31.2 Å². The molecule has 1 unspecified atom stereocenters. The van der Waals surface area contributed by atoms with Gasteiger partial charge in [0.05, 0.1) is 53.8 Å². The number of piperidine rings is 2. The standard InChI is InChI=1S/C46H50F2N10O6/c47-36-20-28(21-37(48)35(36)26-57-16-18-64-19-17-57)32-4-3-5-38-43(32)54-39(25-53-38)29(23-49)24-52-30-10-14-56(15-11-30)27-42(60)51-13-2-1-12-50-31-6-7-33-34(22-31)46(63)58(45(33)62)40-8-9-41(59)55-44(40)61/h3-7,20-25,30,40,49-50,52H,1-2,8-19,26-27H2,(H,51,60)(H,55,59,61)/b29-24+,49-23?. The molecule has 5 heterocycles. The van der Waals surface area contributed by atoms with Crippen molar-refractivity contribution < 1.29 is 37.5 Å². The van der Waals surface area contributed by atoms with E-state index < -0.39 is 41.3 Å². The molecule has 5 amide bonds. The summed E-state index contributed by atoms with van der Waals surface area (Å²) >= 11 is 0. The number of benzene rings is 3. The lowest BCUT2D eigenvalue weighted by Crippen LogP contribution is -2.54.